The maximum atomic E-state index is 12.9. The van der Waals surface area contributed by atoms with Crippen LogP contribution in [0.3, 0.4) is 0 Å². The number of hydrogen-bond acceptors (Lipinski definition) is 7. The van der Waals surface area contributed by atoms with Crippen LogP contribution in [0.25, 0.3) is 0 Å². The number of aliphatic hydroxyl groups is 1. The number of rotatable bonds is 9. The molecule has 0 fully saturated rings. The second-order valence-electron chi connectivity index (χ2n) is 6.40. The Balaban J connectivity index is 1.42. The molecule has 1 unspecified atom stereocenters. The van der Waals surface area contributed by atoms with Gasteiger partial charge in [-0.25, -0.2) is 4.39 Å². The van der Waals surface area contributed by atoms with Crippen molar-refractivity contribution in [3.05, 3.63) is 65.0 Å². The molecule has 5 nitrogen and oxygen atoms in total. The molecule has 3 rings (SSSR count). The third kappa shape index (κ3) is 6.19. The molecule has 0 spiro atoms. The summed E-state index contributed by atoms with van der Waals surface area (Å²) in [5.74, 6) is 1.02. The molecule has 0 saturated carbocycles. The zero-order valence-corrected chi connectivity index (χ0v) is 17.3. The number of aromatic nitrogens is 2. The van der Waals surface area contributed by atoms with E-state index in [9.17, 15) is 9.50 Å². The minimum Gasteiger partial charge on any atom is -0.491 e. The van der Waals surface area contributed by atoms with Gasteiger partial charge in [0, 0.05) is 12.3 Å². The number of nitrogens with zero attached hydrogens (tertiary/aromatic N) is 2. The first-order valence-electron chi connectivity index (χ1n) is 8.82. The second kappa shape index (κ2) is 9.86. The van der Waals surface area contributed by atoms with Crippen LogP contribution in [-0.4, -0.2) is 33.8 Å². The van der Waals surface area contributed by atoms with Crippen LogP contribution in [0.15, 0.2) is 46.8 Å². The molecule has 2 N–H and O–H groups in total. The van der Waals surface area contributed by atoms with E-state index >= 15 is 0 Å². The molecule has 1 heterocycles. The van der Waals surface area contributed by atoms with Crippen molar-refractivity contribution in [1.29, 1.82) is 0 Å². The highest BCUT2D eigenvalue weighted by Crippen LogP contribution is 2.26. The van der Waals surface area contributed by atoms with Crippen LogP contribution < -0.4 is 10.1 Å². The molecule has 0 bridgehead atoms. The predicted octanol–water partition coefficient (Wildman–Crippen LogP) is 4.44. The van der Waals surface area contributed by atoms with Crippen molar-refractivity contribution < 1.29 is 14.2 Å². The van der Waals surface area contributed by atoms with Crippen molar-refractivity contribution in [3.8, 4) is 5.75 Å². The lowest BCUT2D eigenvalue weighted by molar-refractivity contribution is 0.126. The molecule has 2 aromatic carbocycles. The van der Waals surface area contributed by atoms with Crippen LogP contribution in [0.5, 0.6) is 5.75 Å². The number of anilines is 1. The molecule has 0 aliphatic carbocycles. The fraction of sp³-hybridized carbons (Fsp3) is 0.300. The van der Waals surface area contributed by atoms with Crippen LogP contribution in [0.2, 0.25) is 0 Å². The summed E-state index contributed by atoms with van der Waals surface area (Å²) in [4.78, 5) is 0. The highest BCUT2D eigenvalue weighted by molar-refractivity contribution is 8.01. The summed E-state index contributed by atoms with van der Waals surface area (Å²) < 4.78 is 19.4. The largest absolute Gasteiger partial charge is 0.491 e. The number of aliphatic hydroxyl groups excluding tert-OH is 1. The number of benzene rings is 2. The topological polar surface area (TPSA) is 67.3 Å². The zero-order valence-electron chi connectivity index (χ0n) is 15.7. The summed E-state index contributed by atoms with van der Waals surface area (Å²) in [6, 6.07) is 12.3. The van der Waals surface area contributed by atoms with Gasteiger partial charge in [-0.1, -0.05) is 47.4 Å². The van der Waals surface area contributed by atoms with E-state index in [2.05, 4.69) is 15.5 Å². The lowest BCUT2D eigenvalue weighted by Gasteiger charge is -2.13. The molecular weight excluding hydrogens is 397 g/mol. The van der Waals surface area contributed by atoms with Crippen molar-refractivity contribution in [2.75, 3.05) is 17.7 Å². The first-order valence-corrected chi connectivity index (χ1v) is 10.6. The molecule has 0 aliphatic heterocycles. The SMILES string of the molecule is Cc1ccc(C)c(OCC(O)CSc2nnc(NCc3ccc(F)cc3)s2)c1. The first-order chi connectivity index (χ1) is 13.5. The number of hydrogen-bond donors (Lipinski definition) is 2. The summed E-state index contributed by atoms with van der Waals surface area (Å²) in [7, 11) is 0. The minimum atomic E-state index is -0.607. The van der Waals surface area contributed by atoms with E-state index < -0.39 is 6.10 Å². The summed E-state index contributed by atoms with van der Waals surface area (Å²) in [6.07, 6.45) is -0.607. The Morgan fingerprint density at radius 1 is 1.18 bits per heavy atom. The van der Waals surface area contributed by atoms with E-state index in [1.54, 1.807) is 12.1 Å². The average Bonchev–Trinajstić information content (AvgIpc) is 3.14. The van der Waals surface area contributed by atoms with Crippen LogP contribution in [0, 0.1) is 19.7 Å². The minimum absolute atomic E-state index is 0.228. The van der Waals surface area contributed by atoms with Gasteiger partial charge in [-0.3, -0.25) is 0 Å². The lowest BCUT2D eigenvalue weighted by Crippen LogP contribution is -2.20. The number of aryl methyl sites for hydroxylation is 2. The normalized spacial score (nSPS) is 12.0. The summed E-state index contributed by atoms with van der Waals surface area (Å²) in [6.45, 7) is 4.77. The Hall–Kier alpha value is -2.16. The summed E-state index contributed by atoms with van der Waals surface area (Å²) in [5.41, 5.74) is 3.13. The van der Waals surface area contributed by atoms with Crippen molar-refractivity contribution >= 4 is 28.2 Å². The summed E-state index contributed by atoms with van der Waals surface area (Å²) in [5, 5.41) is 22.2. The van der Waals surface area contributed by atoms with Gasteiger partial charge in [-0.2, -0.15) is 0 Å². The molecule has 0 amide bonds. The highest BCUT2D eigenvalue weighted by Gasteiger charge is 2.11. The summed E-state index contributed by atoms with van der Waals surface area (Å²) >= 11 is 2.86. The zero-order chi connectivity index (χ0) is 19.9. The highest BCUT2D eigenvalue weighted by atomic mass is 32.2. The van der Waals surface area contributed by atoms with Crippen molar-refractivity contribution in [2.24, 2.45) is 0 Å². The van der Waals surface area contributed by atoms with Gasteiger partial charge in [0.2, 0.25) is 5.13 Å². The standard InChI is InChI=1S/C20H22FN3O2S2/c1-13-3-4-14(2)18(9-13)26-11-17(25)12-27-20-24-23-19(28-20)22-10-15-5-7-16(21)8-6-15/h3-9,17,25H,10-12H2,1-2H3,(H,22,23). The lowest BCUT2D eigenvalue weighted by atomic mass is 10.1. The van der Waals surface area contributed by atoms with E-state index in [4.69, 9.17) is 4.74 Å². The molecule has 1 atom stereocenters. The number of halogens is 1. The van der Waals surface area contributed by atoms with Gasteiger partial charge in [0.1, 0.15) is 18.2 Å². The Labute approximate surface area is 172 Å². The Morgan fingerprint density at radius 3 is 2.75 bits per heavy atom. The third-order valence-corrected chi connectivity index (χ3v) is 6.10. The fourth-order valence-corrected chi connectivity index (χ4v) is 4.06. The first kappa shape index (κ1) is 20.6. The third-order valence-electron chi connectivity index (χ3n) is 3.94. The smallest absolute Gasteiger partial charge is 0.206 e. The maximum Gasteiger partial charge on any atom is 0.206 e. The van der Waals surface area contributed by atoms with E-state index in [0.29, 0.717) is 17.4 Å². The molecule has 28 heavy (non-hydrogen) atoms. The van der Waals surface area contributed by atoms with Gasteiger partial charge in [0.15, 0.2) is 4.34 Å². The Kier molecular flexibility index (Phi) is 7.24. The van der Waals surface area contributed by atoms with Crippen molar-refractivity contribution in [2.45, 2.75) is 30.8 Å². The van der Waals surface area contributed by atoms with Gasteiger partial charge in [0.05, 0.1) is 6.10 Å². The number of ether oxygens (including phenoxy) is 1. The molecule has 0 radical (unpaired) electrons. The average molecular weight is 420 g/mol. The van der Waals surface area contributed by atoms with E-state index in [0.717, 1.165) is 26.8 Å². The molecule has 0 aliphatic rings. The van der Waals surface area contributed by atoms with Gasteiger partial charge >= 0.3 is 0 Å². The van der Waals surface area contributed by atoms with Crippen LogP contribution >= 0.6 is 23.1 Å². The van der Waals surface area contributed by atoms with Crippen LogP contribution in [-0.2, 0) is 6.54 Å². The molecule has 148 valence electrons. The quantitative estimate of drug-likeness (QED) is 0.500. The molecule has 3 aromatic rings. The van der Waals surface area contributed by atoms with Gasteiger partial charge < -0.3 is 15.2 Å². The Bertz CT molecular complexity index is 903. The van der Waals surface area contributed by atoms with Gasteiger partial charge in [0.25, 0.3) is 0 Å². The predicted molar refractivity (Wildman–Crippen MR) is 112 cm³/mol. The molecule has 0 saturated heterocycles. The number of thioether (sulfide) groups is 1. The Morgan fingerprint density at radius 2 is 1.96 bits per heavy atom. The van der Waals surface area contributed by atoms with Crippen LogP contribution in [0.1, 0.15) is 16.7 Å². The molecule has 8 heteroatoms. The number of nitrogens with one attached hydrogen (secondary N) is 1. The van der Waals surface area contributed by atoms with Gasteiger partial charge in [-0.05, 0) is 48.7 Å². The second-order valence-corrected chi connectivity index (χ2v) is 8.64. The molecular formula is C20H22FN3O2S2. The fourth-order valence-electron chi connectivity index (χ4n) is 2.38. The van der Waals surface area contributed by atoms with Crippen molar-refractivity contribution in [1.82, 2.24) is 10.2 Å². The van der Waals surface area contributed by atoms with Crippen molar-refractivity contribution in [3.63, 3.8) is 0 Å². The van der Waals surface area contributed by atoms with Crippen LogP contribution in [0.4, 0.5) is 9.52 Å². The van der Waals surface area contributed by atoms with E-state index in [1.807, 2.05) is 32.0 Å². The van der Waals surface area contributed by atoms with E-state index in [-0.39, 0.29) is 12.4 Å². The monoisotopic (exact) mass is 419 g/mol. The maximum absolute atomic E-state index is 12.9. The molecule has 1 aromatic heterocycles. The van der Waals surface area contributed by atoms with E-state index in [1.165, 1.54) is 35.2 Å². The van der Waals surface area contributed by atoms with Gasteiger partial charge in [-0.15, -0.1) is 10.2 Å².